The Bertz CT molecular complexity index is 558. The minimum atomic E-state index is -1.09. The molecule has 0 radical (unpaired) electrons. The van der Waals surface area contributed by atoms with E-state index >= 15 is 0 Å². The minimum absolute atomic E-state index is 0.0282. The van der Waals surface area contributed by atoms with Crippen LogP contribution in [-0.4, -0.2) is 29.4 Å². The Morgan fingerprint density at radius 2 is 1.95 bits per heavy atom. The van der Waals surface area contributed by atoms with Gasteiger partial charge in [-0.2, -0.15) is 0 Å². The quantitative estimate of drug-likeness (QED) is 0.842. The maximum Gasteiger partial charge on any atom is 0.408 e. The maximum atomic E-state index is 13.7. The lowest BCUT2D eigenvalue weighted by Crippen LogP contribution is -2.45. The van der Waals surface area contributed by atoms with Crippen molar-refractivity contribution in [1.82, 2.24) is 5.32 Å². The monoisotopic (exact) mass is 333 g/mol. The smallest absolute Gasteiger partial charge is 0.408 e. The number of carbonyl (C=O) groups excluding carboxylic acids is 2. The number of ether oxygens (including phenoxy) is 1. The number of carbonyl (C=O) groups is 2. The largest absolute Gasteiger partial charge is 0.444 e. The van der Waals surface area contributed by atoms with Crippen LogP contribution in [0.4, 0.5) is 13.6 Å². The molecule has 0 bridgehead atoms. The topological polar surface area (TPSA) is 55.4 Å². The molecule has 4 nitrogen and oxygen atoms in total. The molecule has 0 aliphatic carbocycles. The molecule has 0 aliphatic rings. The fraction of sp³-hybridized carbons (Fsp3) is 0.467. The maximum absolute atomic E-state index is 13.7. The average Bonchev–Trinajstić information content (AvgIpc) is 2.39. The zero-order chi connectivity index (χ0) is 16.9. The number of nitrogens with one attached hydrogen (secondary N) is 1. The first kappa shape index (κ1) is 18.4. The summed E-state index contributed by atoms with van der Waals surface area (Å²) in [6.45, 7) is 4.99. The SMILES string of the molecule is CC(C)(C)OC(=O)N[C@H](Cc1cc(F)ccc1F)C(=O)CCl. The van der Waals surface area contributed by atoms with Gasteiger partial charge in [0.05, 0.1) is 11.9 Å². The van der Waals surface area contributed by atoms with Gasteiger partial charge in [0.25, 0.3) is 0 Å². The number of rotatable bonds is 5. The Morgan fingerprint density at radius 1 is 1.32 bits per heavy atom. The van der Waals surface area contributed by atoms with Crippen LogP contribution in [-0.2, 0) is 16.0 Å². The van der Waals surface area contributed by atoms with Crippen molar-refractivity contribution in [3.8, 4) is 0 Å². The molecular formula is C15H18ClF2NO3. The Labute approximate surface area is 132 Å². The summed E-state index contributed by atoms with van der Waals surface area (Å²) in [5.41, 5.74) is -0.775. The minimum Gasteiger partial charge on any atom is -0.444 e. The van der Waals surface area contributed by atoms with Gasteiger partial charge in [-0.1, -0.05) is 0 Å². The summed E-state index contributed by atoms with van der Waals surface area (Å²) in [4.78, 5) is 23.5. The lowest BCUT2D eigenvalue weighted by Gasteiger charge is -2.23. The Balaban J connectivity index is 2.87. The van der Waals surface area contributed by atoms with E-state index in [9.17, 15) is 18.4 Å². The Hall–Kier alpha value is -1.69. The lowest BCUT2D eigenvalue weighted by atomic mass is 10.0. The standard InChI is InChI=1S/C15H18ClF2NO3/c1-15(2,3)22-14(21)19-12(13(20)8-16)7-9-6-10(17)4-5-11(9)18/h4-6,12H,7-8H2,1-3H3,(H,19,21)/t12-/m1/s1. The molecule has 0 aliphatic heterocycles. The fourth-order valence-electron chi connectivity index (χ4n) is 1.71. The molecule has 1 N–H and O–H groups in total. The van der Waals surface area contributed by atoms with Gasteiger partial charge in [-0.3, -0.25) is 4.79 Å². The number of hydrogen-bond donors (Lipinski definition) is 1. The van der Waals surface area contributed by atoms with E-state index in [1.165, 1.54) is 0 Å². The molecule has 1 atom stereocenters. The third kappa shape index (κ3) is 5.97. The van der Waals surface area contributed by atoms with Crippen LogP contribution < -0.4 is 5.32 Å². The summed E-state index contributed by atoms with van der Waals surface area (Å²) in [7, 11) is 0. The Morgan fingerprint density at radius 3 is 2.50 bits per heavy atom. The highest BCUT2D eigenvalue weighted by Gasteiger charge is 2.25. The fourth-order valence-corrected chi connectivity index (χ4v) is 1.89. The number of amides is 1. The first-order valence-electron chi connectivity index (χ1n) is 6.64. The molecule has 0 aromatic heterocycles. The van der Waals surface area contributed by atoms with Gasteiger partial charge in [-0.05, 0) is 44.5 Å². The van der Waals surface area contributed by atoms with Crippen LogP contribution in [0, 0.1) is 11.6 Å². The summed E-state index contributed by atoms with van der Waals surface area (Å²) in [5, 5.41) is 2.34. The number of Topliss-reactive ketones (excluding diaryl/α,β-unsaturated/α-hetero) is 1. The van der Waals surface area contributed by atoms with Crippen LogP contribution >= 0.6 is 11.6 Å². The second-order valence-corrected chi connectivity index (χ2v) is 6.01. The van der Waals surface area contributed by atoms with E-state index in [0.717, 1.165) is 18.2 Å². The second kappa shape index (κ2) is 7.54. The predicted molar refractivity (Wildman–Crippen MR) is 78.9 cm³/mol. The molecule has 22 heavy (non-hydrogen) atoms. The molecule has 0 spiro atoms. The van der Waals surface area contributed by atoms with E-state index in [0.29, 0.717) is 0 Å². The highest BCUT2D eigenvalue weighted by molar-refractivity contribution is 6.28. The van der Waals surface area contributed by atoms with Crippen molar-refractivity contribution in [3.05, 3.63) is 35.4 Å². The van der Waals surface area contributed by atoms with Crippen LogP contribution in [0.15, 0.2) is 18.2 Å². The van der Waals surface area contributed by atoms with Crippen LogP contribution in [0.25, 0.3) is 0 Å². The molecule has 1 aromatic rings. The van der Waals surface area contributed by atoms with Gasteiger partial charge in [-0.15, -0.1) is 11.6 Å². The third-order valence-electron chi connectivity index (χ3n) is 2.64. The van der Waals surface area contributed by atoms with E-state index in [4.69, 9.17) is 16.3 Å². The van der Waals surface area contributed by atoms with Gasteiger partial charge in [0.15, 0.2) is 5.78 Å². The zero-order valence-corrected chi connectivity index (χ0v) is 13.3. The van der Waals surface area contributed by atoms with Gasteiger partial charge in [0.2, 0.25) is 0 Å². The lowest BCUT2D eigenvalue weighted by molar-refractivity contribution is -0.118. The third-order valence-corrected chi connectivity index (χ3v) is 2.91. The van der Waals surface area contributed by atoms with Crippen molar-refractivity contribution in [2.45, 2.75) is 38.8 Å². The summed E-state index contributed by atoms with van der Waals surface area (Å²) in [6, 6.07) is 1.81. The van der Waals surface area contributed by atoms with Crippen molar-refractivity contribution < 1.29 is 23.1 Å². The first-order chi connectivity index (χ1) is 10.1. The van der Waals surface area contributed by atoms with E-state index in [1.54, 1.807) is 20.8 Å². The molecule has 1 rings (SSSR count). The molecule has 1 aromatic carbocycles. The summed E-state index contributed by atoms with van der Waals surface area (Å²) in [6.07, 6.45) is -1.04. The van der Waals surface area contributed by atoms with Gasteiger partial charge in [-0.25, -0.2) is 13.6 Å². The highest BCUT2D eigenvalue weighted by atomic mass is 35.5. The molecule has 0 heterocycles. The van der Waals surface area contributed by atoms with E-state index in [2.05, 4.69) is 5.32 Å². The number of halogens is 3. The molecule has 0 saturated heterocycles. The number of hydrogen-bond acceptors (Lipinski definition) is 3. The van der Waals surface area contributed by atoms with Gasteiger partial charge < -0.3 is 10.1 Å². The molecule has 0 unspecified atom stereocenters. The van der Waals surface area contributed by atoms with Gasteiger partial charge >= 0.3 is 6.09 Å². The molecule has 0 saturated carbocycles. The molecular weight excluding hydrogens is 316 g/mol. The summed E-state index contributed by atoms with van der Waals surface area (Å²) in [5.74, 6) is -2.18. The number of ketones is 1. The molecule has 7 heteroatoms. The summed E-state index contributed by atoms with van der Waals surface area (Å²) < 4.78 is 31.9. The Kier molecular flexibility index (Phi) is 6.29. The zero-order valence-electron chi connectivity index (χ0n) is 12.6. The van der Waals surface area contributed by atoms with E-state index < -0.39 is 35.2 Å². The highest BCUT2D eigenvalue weighted by Crippen LogP contribution is 2.14. The number of alkyl carbamates (subject to hydrolysis) is 1. The van der Waals surface area contributed by atoms with Crippen LogP contribution in [0.5, 0.6) is 0 Å². The average molecular weight is 334 g/mol. The molecule has 0 fully saturated rings. The summed E-state index contributed by atoms with van der Waals surface area (Å²) >= 11 is 5.49. The number of alkyl halides is 1. The van der Waals surface area contributed by atoms with Crippen molar-refractivity contribution >= 4 is 23.5 Å². The van der Waals surface area contributed by atoms with E-state index in [-0.39, 0.29) is 17.9 Å². The molecule has 122 valence electrons. The van der Waals surface area contributed by atoms with E-state index in [1.807, 2.05) is 0 Å². The van der Waals surface area contributed by atoms with Crippen molar-refractivity contribution in [1.29, 1.82) is 0 Å². The van der Waals surface area contributed by atoms with Crippen LogP contribution in [0.2, 0.25) is 0 Å². The van der Waals surface area contributed by atoms with Crippen molar-refractivity contribution in [2.75, 3.05) is 5.88 Å². The van der Waals surface area contributed by atoms with Crippen molar-refractivity contribution in [2.24, 2.45) is 0 Å². The normalized spacial score (nSPS) is 12.6. The first-order valence-corrected chi connectivity index (χ1v) is 7.18. The number of benzene rings is 1. The van der Waals surface area contributed by atoms with Gasteiger partial charge in [0, 0.05) is 6.42 Å². The van der Waals surface area contributed by atoms with Crippen molar-refractivity contribution in [3.63, 3.8) is 0 Å². The van der Waals surface area contributed by atoms with Gasteiger partial charge in [0.1, 0.15) is 17.2 Å². The second-order valence-electron chi connectivity index (χ2n) is 5.74. The van der Waals surface area contributed by atoms with Crippen LogP contribution in [0.3, 0.4) is 0 Å². The van der Waals surface area contributed by atoms with Crippen LogP contribution in [0.1, 0.15) is 26.3 Å². The predicted octanol–water partition coefficient (Wildman–Crippen LogP) is 3.21. The molecule has 1 amide bonds.